The summed E-state index contributed by atoms with van der Waals surface area (Å²) in [5.74, 6) is 0.425. The van der Waals surface area contributed by atoms with Gasteiger partial charge in [-0.3, -0.25) is 0 Å². The monoisotopic (exact) mass is 188 g/mol. The van der Waals surface area contributed by atoms with Crippen LogP contribution in [0.4, 0.5) is 0 Å². The van der Waals surface area contributed by atoms with Crippen LogP contribution in [0.2, 0.25) is 0 Å². The maximum atomic E-state index is 5.52. The molecule has 1 fully saturated rings. The summed E-state index contributed by atoms with van der Waals surface area (Å²) < 4.78 is 16.4. The van der Waals surface area contributed by atoms with E-state index in [-0.39, 0.29) is 6.29 Å². The third-order valence-corrected chi connectivity index (χ3v) is 2.24. The van der Waals surface area contributed by atoms with Crippen LogP contribution in [0.5, 0.6) is 0 Å². The maximum Gasteiger partial charge on any atom is 0.162 e. The van der Waals surface area contributed by atoms with E-state index in [2.05, 4.69) is 0 Å². The molecule has 0 unspecified atom stereocenters. The van der Waals surface area contributed by atoms with E-state index in [1.54, 1.807) is 0 Å². The molecule has 0 aromatic rings. The second kappa shape index (κ2) is 6.35. The van der Waals surface area contributed by atoms with Crippen molar-refractivity contribution in [2.75, 3.05) is 26.4 Å². The highest BCUT2D eigenvalue weighted by molar-refractivity contribution is 4.66. The summed E-state index contributed by atoms with van der Waals surface area (Å²) in [6, 6.07) is 0. The van der Waals surface area contributed by atoms with Crippen LogP contribution in [0.15, 0.2) is 0 Å². The quantitative estimate of drug-likeness (QED) is 0.616. The molecule has 0 aromatic heterocycles. The molecule has 0 amide bonds. The van der Waals surface area contributed by atoms with Crippen molar-refractivity contribution < 1.29 is 14.2 Å². The fourth-order valence-corrected chi connectivity index (χ4v) is 1.63. The van der Waals surface area contributed by atoms with Crippen LogP contribution in [0.3, 0.4) is 0 Å². The van der Waals surface area contributed by atoms with Gasteiger partial charge in [-0.25, -0.2) is 0 Å². The van der Waals surface area contributed by atoms with Gasteiger partial charge in [-0.15, -0.1) is 0 Å². The molecule has 3 nitrogen and oxygen atoms in total. The highest BCUT2D eigenvalue weighted by Gasteiger charge is 2.24. The lowest BCUT2D eigenvalue weighted by Gasteiger charge is -2.29. The SMILES string of the molecule is CCOC(OCC)[C@@H]1CCCOC1. The first-order valence-electron chi connectivity index (χ1n) is 5.19. The number of rotatable bonds is 5. The lowest BCUT2D eigenvalue weighted by Crippen LogP contribution is -2.33. The first kappa shape index (κ1) is 11.0. The van der Waals surface area contributed by atoms with Crippen molar-refractivity contribution in [1.82, 2.24) is 0 Å². The predicted molar refractivity (Wildman–Crippen MR) is 50.6 cm³/mol. The van der Waals surface area contributed by atoms with E-state index in [9.17, 15) is 0 Å². The molecule has 3 heteroatoms. The van der Waals surface area contributed by atoms with Gasteiger partial charge < -0.3 is 14.2 Å². The summed E-state index contributed by atoms with van der Waals surface area (Å²) in [5, 5.41) is 0. The van der Waals surface area contributed by atoms with Crippen LogP contribution in [-0.2, 0) is 14.2 Å². The van der Waals surface area contributed by atoms with Gasteiger partial charge in [-0.2, -0.15) is 0 Å². The van der Waals surface area contributed by atoms with Crippen LogP contribution in [0.1, 0.15) is 26.7 Å². The van der Waals surface area contributed by atoms with Crippen LogP contribution in [0, 0.1) is 5.92 Å². The Morgan fingerprint density at radius 1 is 1.31 bits per heavy atom. The summed E-state index contributed by atoms with van der Waals surface area (Å²) >= 11 is 0. The van der Waals surface area contributed by atoms with Crippen molar-refractivity contribution in [2.45, 2.75) is 33.0 Å². The lowest BCUT2D eigenvalue weighted by molar-refractivity contribution is -0.186. The fraction of sp³-hybridized carbons (Fsp3) is 1.00. The molecule has 1 aliphatic heterocycles. The molecule has 78 valence electrons. The largest absolute Gasteiger partial charge is 0.381 e. The number of hydrogen-bond acceptors (Lipinski definition) is 3. The molecule has 0 aromatic carbocycles. The normalized spacial score (nSPS) is 23.8. The van der Waals surface area contributed by atoms with Gasteiger partial charge in [-0.1, -0.05) is 0 Å². The van der Waals surface area contributed by atoms with E-state index in [1.165, 1.54) is 0 Å². The van der Waals surface area contributed by atoms with E-state index in [4.69, 9.17) is 14.2 Å². The van der Waals surface area contributed by atoms with Crippen molar-refractivity contribution in [3.63, 3.8) is 0 Å². The minimum atomic E-state index is -0.0599. The van der Waals surface area contributed by atoms with Crippen molar-refractivity contribution in [2.24, 2.45) is 5.92 Å². The fourth-order valence-electron chi connectivity index (χ4n) is 1.63. The van der Waals surface area contributed by atoms with E-state index >= 15 is 0 Å². The third kappa shape index (κ3) is 3.63. The van der Waals surface area contributed by atoms with Gasteiger partial charge in [0.2, 0.25) is 0 Å². The Morgan fingerprint density at radius 2 is 2.00 bits per heavy atom. The highest BCUT2D eigenvalue weighted by Crippen LogP contribution is 2.20. The highest BCUT2D eigenvalue weighted by atomic mass is 16.7. The first-order chi connectivity index (χ1) is 6.38. The van der Waals surface area contributed by atoms with Gasteiger partial charge in [0.25, 0.3) is 0 Å². The molecule has 0 bridgehead atoms. The third-order valence-electron chi connectivity index (χ3n) is 2.24. The Labute approximate surface area is 80.4 Å². The molecule has 0 saturated carbocycles. The zero-order chi connectivity index (χ0) is 9.52. The molecule has 1 rings (SSSR count). The molecule has 1 atom stereocenters. The van der Waals surface area contributed by atoms with Crippen LogP contribution in [-0.4, -0.2) is 32.7 Å². The summed E-state index contributed by atoms with van der Waals surface area (Å²) in [7, 11) is 0. The number of ether oxygens (including phenoxy) is 3. The zero-order valence-electron chi connectivity index (χ0n) is 8.62. The van der Waals surface area contributed by atoms with Crippen LogP contribution >= 0.6 is 0 Å². The lowest BCUT2D eigenvalue weighted by atomic mass is 10.0. The second-order valence-corrected chi connectivity index (χ2v) is 3.26. The van der Waals surface area contributed by atoms with E-state index in [0.717, 1.165) is 26.1 Å². The van der Waals surface area contributed by atoms with E-state index < -0.39 is 0 Å². The summed E-state index contributed by atoms with van der Waals surface area (Å²) in [6.45, 7) is 7.08. The van der Waals surface area contributed by atoms with E-state index in [0.29, 0.717) is 19.1 Å². The minimum absolute atomic E-state index is 0.0599. The van der Waals surface area contributed by atoms with Gasteiger partial charge in [-0.05, 0) is 26.7 Å². The summed E-state index contributed by atoms with van der Waals surface area (Å²) in [4.78, 5) is 0. The van der Waals surface area contributed by atoms with Crippen molar-refractivity contribution >= 4 is 0 Å². The predicted octanol–water partition coefficient (Wildman–Crippen LogP) is 1.81. The van der Waals surface area contributed by atoms with Crippen molar-refractivity contribution in [3.8, 4) is 0 Å². The molecule has 13 heavy (non-hydrogen) atoms. The first-order valence-corrected chi connectivity index (χ1v) is 5.19. The Hall–Kier alpha value is -0.120. The Morgan fingerprint density at radius 3 is 2.46 bits per heavy atom. The molecule has 1 heterocycles. The van der Waals surface area contributed by atoms with Crippen LogP contribution < -0.4 is 0 Å². The van der Waals surface area contributed by atoms with Gasteiger partial charge in [0, 0.05) is 25.7 Å². The Bertz CT molecular complexity index is 115. The van der Waals surface area contributed by atoms with Crippen molar-refractivity contribution in [1.29, 1.82) is 0 Å². The molecule has 0 N–H and O–H groups in total. The Kier molecular flexibility index (Phi) is 5.35. The van der Waals surface area contributed by atoms with Gasteiger partial charge in [0.15, 0.2) is 6.29 Å². The topological polar surface area (TPSA) is 27.7 Å². The molecule has 0 spiro atoms. The zero-order valence-corrected chi connectivity index (χ0v) is 8.62. The molecule has 1 saturated heterocycles. The molecular weight excluding hydrogens is 168 g/mol. The summed E-state index contributed by atoms with van der Waals surface area (Å²) in [6.07, 6.45) is 2.22. The minimum Gasteiger partial charge on any atom is -0.381 e. The molecule has 0 aliphatic carbocycles. The smallest absolute Gasteiger partial charge is 0.162 e. The van der Waals surface area contributed by atoms with Gasteiger partial charge in [0.1, 0.15) is 0 Å². The van der Waals surface area contributed by atoms with Gasteiger partial charge >= 0.3 is 0 Å². The van der Waals surface area contributed by atoms with Crippen molar-refractivity contribution in [3.05, 3.63) is 0 Å². The Balaban J connectivity index is 2.32. The van der Waals surface area contributed by atoms with E-state index in [1.807, 2.05) is 13.8 Å². The molecule has 1 aliphatic rings. The second-order valence-electron chi connectivity index (χ2n) is 3.26. The van der Waals surface area contributed by atoms with Gasteiger partial charge in [0.05, 0.1) is 6.61 Å². The average Bonchev–Trinajstić information content (AvgIpc) is 2.19. The average molecular weight is 188 g/mol. The standard InChI is InChI=1S/C10H20O3/c1-3-12-10(13-4-2)9-6-5-7-11-8-9/h9-10H,3-8H2,1-2H3/t9-/m1/s1. The summed E-state index contributed by atoms with van der Waals surface area (Å²) in [5.41, 5.74) is 0. The molecular formula is C10H20O3. The number of hydrogen-bond donors (Lipinski definition) is 0. The van der Waals surface area contributed by atoms with Crippen LogP contribution in [0.25, 0.3) is 0 Å². The molecule has 0 radical (unpaired) electrons. The maximum absolute atomic E-state index is 5.52.